The van der Waals surface area contributed by atoms with Crippen molar-refractivity contribution in [1.29, 1.82) is 0 Å². The van der Waals surface area contributed by atoms with Gasteiger partial charge in [-0.05, 0) is 24.3 Å². The van der Waals surface area contributed by atoms with E-state index in [0.717, 1.165) is 0 Å². The largest absolute Gasteiger partial charge is 0.510 e. The first-order valence-corrected chi connectivity index (χ1v) is 6.12. The summed E-state index contributed by atoms with van der Waals surface area (Å²) in [6.45, 7) is 0.851. The van der Waals surface area contributed by atoms with E-state index in [1.54, 1.807) is 28.8 Å². The number of fused-ring (bicyclic) bond motifs is 1. The van der Waals surface area contributed by atoms with Gasteiger partial charge in [0.05, 0.1) is 6.20 Å². The second-order valence-corrected chi connectivity index (χ2v) is 4.23. The highest BCUT2D eigenvalue weighted by Gasteiger charge is 2.12. The average molecular weight is 275 g/mol. The number of benzene rings is 1. The standard InChI is InChI=1S/C14H11FN2O3/c15-10-3-1-4-11(9-10)19-8-7-17-6-2-5-12-13(17)16-14(18)20-12/h1-6,9H,7-8H2/p+1. The Morgan fingerprint density at radius 1 is 1.30 bits per heavy atom. The van der Waals surface area contributed by atoms with Crippen LogP contribution in [0.15, 0.2) is 51.8 Å². The summed E-state index contributed by atoms with van der Waals surface area (Å²) in [5, 5.41) is 0. The summed E-state index contributed by atoms with van der Waals surface area (Å²) in [5.74, 6) is -0.360. The molecule has 0 radical (unpaired) electrons. The van der Waals surface area contributed by atoms with Crippen molar-refractivity contribution in [3.8, 4) is 5.75 Å². The van der Waals surface area contributed by atoms with E-state index in [9.17, 15) is 9.18 Å². The molecule has 0 aliphatic carbocycles. The third-order valence-corrected chi connectivity index (χ3v) is 2.85. The summed E-state index contributed by atoms with van der Waals surface area (Å²) in [6, 6.07) is 9.45. The van der Waals surface area contributed by atoms with E-state index in [2.05, 4.69) is 4.98 Å². The van der Waals surface area contributed by atoms with Crippen molar-refractivity contribution in [2.45, 2.75) is 6.54 Å². The van der Waals surface area contributed by atoms with E-state index in [4.69, 9.17) is 9.15 Å². The summed E-state index contributed by atoms with van der Waals surface area (Å²) < 4.78 is 25.2. The number of hydrogen-bond donors (Lipinski definition) is 1. The lowest BCUT2D eigenvalue weighted by molar-refractivity contribution is -0.673. The highest BCUT2D eigenvalue weighted by molar-refractivity contribution is 5.62. The number of H-pyrrole nitrogens is 1. The zero-order valence-corrected chi connectivity index (χ0v) is 10.5. The predicted molar refractivity (Wildman–Crippen MR) is 68.9 cm³/mol. The Labute approximate surface area is 113 Å². The lowest BCUT2D eigenvalue weighted by atomic mass is 10.3. The van der Waals surface area contributed by atoms with Gasteiger partial charge in [0.2, 0.25) is 5.58 Å². The van der Waals surface area contributed by atoms with Crippen LogP contribution in [0.25, 0.3) is 11.2 Å². The van der Waals surface area contributed by atoms with Crippen molar-refractivity contribution in [3.63, 3.8) is 0 Å². The second-order valence-electron chi connectivity index (χ2n) is 4.23. The van der Waals surface area contributed by atoms with Crippen molar-refractivity contribution in [3.05, 3.63) is 59.0 Å². The minimum atomic E-state index is -0.494. The van der Waals surface area contributed by atoms with Crippen LogP contribution in [0.3, 0.4) is 0 Å². The van der Waals surface area contributed by atoms with Gasteiger partial charge in [0.1, 0.15) is 24.7 Å². The number of aromatic amines is 1. The fraction of sp³-hybridized carbons (Fsp3) is 0.143. The molecular weight excluding hydrogens is 263 g/mol. The molecule has 0 bridgehead atoms. The minimum Gasteiger partial charge on any atom is -0.489 e. The van der Waals surface area contributed by atoms with Gasteiger partial charge in [0.25, 0.3) is 0 Å². The van der Waals surface area contributed by atoms with E-state index < -0.39 is 5.76 Å². The summed E-state index contributed by atoms with van der Waals surface area (Å²) >= 11 is 0. The monoisotopic (exact) mass is 275 g/mol. The number of nitrogens with one attached hydrogen (secondary N) is 1. The molecule has 0 unspecified atom stereocenters. The predicted octanol–water partition coefficient (Wildman–Crippen LogP) is 1.63. The van der Waals surface area contributed by atoms with Crippen LogP contribution in [0.1, 0.15) is 0 Å². The fourth-order valence-electron chi connectivity index (χ4n) is 1.97. The highest BCUT2D eigenvalue weighted by atomic mass is 19.1. The minimum absolute atomic E-state index is 0.337. The maximum Gasteiger partial charge on any atom is 0.510 e. The van der Waals surface area contributed by atoms with E-state index in [1.165, 1.54) is 12.1 Å². The maximum atomic E-state index is 13.0. The van der Waals surface area contributed by atoms with Crippen LogP contribution in [0.2, 0.25) is 0 Å². The van der Waals surface area contributed by atoms with Crippen LogP contribution in [0.4, 0.5) is 4.39 Å². The van der Waals surface area contributed by atoms with Crippen LogP contribution < -0.4 is 15.1 Å². The Morgan fingerprint density at radius 2 is 2.20 bits per heavy atom. The third kappa shape index (κ3) is 2.54. The lowest BCUT2D eigenvalue weighted by Gasteiger charge is -2.05. The van der Waals surface area contributed by atoms with Gasteiger partial charge < -0.3 is 9.15 Å². The van der Waals surface area contributed by atoms with E-state index in [1.807, 2.05) is 6.20 Å². The molecule has 0 fully saturated rings. The quantitative estimate of drug-likeness (QED) is 0.736. The molecule has 2 aromatic heterocycles. The molecule has 1 aromatic carbocycles. The Balaban J connectivity index is 1.72. The van der Waals surface area contributed by atoms with Gasteiger partial charge in [-0.15, -0.1) is 0 Å². The first-order valence-electron chi connectivity index (χ1n) is 6.12. The zero-order valence-electron chi connectivity index (χ0n) is 10.5. The Hall–Kier alpha value is -2.63. The Bertz CT molecular complexity index is 794. The van der Waals surface area contributed by atoms with Gasteiger partial charge in [0, 0.05) is 6.07 Å². The van der Waals surface area contributed by atoms with Crippen LogP contribution in [0.5, 0.6) is 5.75 Å². The summed E-state index contributed by atoms with van der Waals surface area (Å²) in [4.78, 5) is 13.8. The molecule has 0 aliphatic rings. The lowest BCUT2D eigenvalue weighted by Crippen LogP contribution is -2.37. The molecule has 0 saturated carbocycles. The van der Waals surface area contributed by atoms with Crippen molar-refractivity contribution in [2.24, 2.45) is 0 Å². The number of oxazole rings is 1. The second kappa shape index (κ2) is 5.16. The molecule has 0 saturated heterocycles. The first-order chi connectivity index (χ1) is 9.72. The number of hydrogen-bond acceptors (Lipinski definition) is 3. The number of rotatable bonds is 4. The van der Waals surface area contributed by atoms with Crippen molar-refractivity contribution >= 4 is 11.2 Å². The summed E-state index contributed by atoms with van der Waals surface area (Å²) in [5.41, 5.74) is 1.09. The van der Waals surface area contributed by atoms with Gasteiger partial charge in [-0.2, -0.15) is 9.78 Å². The number of aromatic nitrogens is 2. The molecule has 5 nitrogen and oxygen atoms in total. The van der Waals surface area contributed by atoms with Crippen molar-refractivity contribution in [2.75, 3.05) is 6.61 Å². The Kier molecular flexibility index (Phi) is 3.20. The average Bonchev–Trinajstić information content (AvgIpc) is 2.80. The van der Waals surface area contributed by atoms with Crippen molar-refractivity contribution < 1.29 is 18.1 Å². The van der Waals surface area contributed by atoms with Gasteiger partial charge in [-0.1, -0.05) is 6.07 Å². The summed E-state index contributed by atoms with van der Waals surface area (Å²) in [6.07, 6.45) is 1.81. The number of pyridine rings is 1. The molecule has 20 heavy (non-hydrogen) atoms. The van der Waals surface area contributed by atoms with E-state index >= 15 is 0 Å². The molecule has 1 N–H and O–H groups in total. The summed E-state index contributed by atoms with van der Waals surface area (Å²) in [7, 11) is 0. The van der Waals surface area contributed by atoms with Crippen LogP contribution in [0, 0.1) is 5.82 Å². The number of halogens is 1. The van der Waals surface area contributed by atoms with E-state index in [-0.39, 0.29) is 5.82 Å². The van der Waals surface area contributed by atoms with Crippen LogP contribution in [-0.4, -0.2) is 11.6 Å². The molecule has 3 aromatic rings. The SMILES string of the molecule is O=c1[nH]c2c(ccc[n+]2CCOc2cccc(F)c2)o1. The fourth-order valence-corrected chi connectivity index (χ4v) is 1.97. The molecule has 0 amide bonds. The molecule has 0 atom stereocenters. The Morgan fingerprint density at radius 3 is 3.05 bits per heavy atom. The number of ether oxygens (including phenoxy) is 1. The van der Waals surface area contributed by atoms with Crippen molar-refractivity contribution in [1.82, 2.24) is 4.98 Å². The molecule has 102 valence electrons. The molecular formula is C14H12FN2O3+. The molecule has 6 heteroatoms. The molecule has 3 rings (SSSR count). The van der Waals surface area contributed by atoms with Gasteiger partial charge >= 0.3 is 11.4 Å². The first kappa shape index (κ1) is 12.4. The zero-order chi connectivity index (χ0) is 13.9. The third-order valence-electron chi connectivity index (χ3n) is 2.85. The molecule has 2 heterocycles. The van der Waals surface area contributed by atoms with Crippen LogP contribution in [-0.2, 0) is 6.54 Å². The van der Waals surface area contributed by atoms with E-state index in [0.29, 0.717) is 30.1 Å². The maximum absolute atomic E-state index is 13.0. The van der Waals surface area contributed by atoms with Gasteiger partial charge in [-0.25, -0.2) is 8.96 Å². The van der Waals surface area contributed by atoms with Gasteiger partial charge in [-0.3, -0.25) is 0 Å². The molecule has 0 spiro atoms. The number of nitrogens with zero attached hydrogens (tertiary/aromatic N) is 1. The normalized spacial score (nSPS) is 10.8. The highest BCUT2D eigenvalue weighted by Crippen LogP contribution is 2.11. The molecule has 0 aliphatic heterocycles. The van der Waals surface area contributed by atoms with Gasteiger partial charge in [0.15, 0.2) is 0 Å². The topological polar surface area (TPSA) is 59.1 Å². The smallest absolute Gasteiger partial charge is 0.489 e. The van der Waals surface area contributed by atoms with Crippen LogP contribution >= 0.6 is 0 Å².